The van der Waals surface area contributed by atoms with Gasteiger partial charge in [0.2, 0.25) is 30.8 Å². The van der Waals surface area contributed by atoms with Gasteiger partial charge in [0.1, 0.15) is 0 Å². The third kappa shape index (κ3) is 8.32. The number of fused-ring (bicyclic) bond motifs is 2. The lowest BCUT2D eigenvalue weighted by molar-refractivity contribution is -0.265. The molecule has 2 N–H and O–H groups in total. The summed E-state index contributed by atoms with van der Waals surface area (Å²) in [5, 5.41) is 44.1. The molecule has 4 rings (SSSR count). The minimum Gasteiger partial charge on any atom is -0.867 e. The van der Waals surface area contributed by atoms with Crippen LogP contribution in [0.15, 0.2) is 70.5 Å². The maximum Gasteiger partial charge on any atom is 0.379 e. The van der Waals surface area contributed by atoms with Crippen molar-refractivity contribution >= 4 is 69.6 Å². The van der Waals surface area contributed by atoms with Crippen LogP contribution >= 0.6 is 0 Å². The summed E-state index contributed by atoms with van der Waals surface area (Å²) >= 11 is 0. The van der Waals surface area contributed by atoms with Gasteiger partial charge in [-0.05, 0) is 73.4 Å². The second-order valence-electron chi connectivity index (χ2n) is 12.4. The minimum absolute atomic E-state index is 0.137. The zero-order chi connectivity index (χ0) is 34.6. The van der Waals surface area contributed by atoms with Gasteiger partial charge in [-0.15, -0.1) is 0 Å². The highest BCUT2D eigenvalue weighted by atomic mass is 32.2. The Morgan fingerprint density at radius 3 is 1.34 bits per heavy atom. The van der Waals surface area contributed by atoms with E-state index in [0.29, 0.717) is 24.9 Å². The third-order valence-electron chi connectivity index (χ3n) is 7.72. The molecule has 0 radical (unpaired) electrons. The molecule has 0 bridgehead atoms. The van der Waals surface area contributed by atoms with Gasteiger partial charge in [0.05, 0.1) is 21.9 Å². The average Bonchev–Trinajstić information content (AvgIpc) is 3.01. The van der Waals surface area contributed by atoms with Crippen molar-refractivity contribution < 1.29 is 31.2 Å². The van der Waals surface area contributed by atoms with Crippen molar-refractivity contribution in [2.45, 2.75) is 60.9 Å². The molecule has 0 saturated heterocycles. The molecule has 0 aliphatic carbocycles. The zero-order valence-corrected chi connectivity index (χ0v) is 30.1. The molecular formula is C30H36N6O7S2Si2. The van der Waals surface area contributed by atoms with Gasteiger partial charge in [-0.2, -0.15) is 0 Å². The maximum atomic E-state index is 13.2. The van der Waals surface area contributed by atoms with Gasteiger partial charge >= 0.3 is 11.4 Å². The van der Waals surface area contributed by atoms with E-state index < -0.39 is 48.2 Å². The third-order valence-corrected chi connectivity index (χ3v) is 18.3. The first-order valence-electron chi connectivity index (χ1n) is 14.9. The monoisotopic (exact) mass is 712 g/mol. The van der Waals surface area contributed by atoms with Gasteiger partial charge in [-0.1, -0.05) is 48.5 Å². The Morgan fingerprint density at radius 1 is 0.660 bits per heavy atom. The molecular weight excluding hydrogens is 677 g/mol. The summed E-state index contributed by atoms with van der Waals surface area (Å²) in [6.45, 7) is 8.51. The lowest BCUT2D eigenvalue weighted by Crippen LogP contribution is -2.45. The van der Waals surface area contributed by atoms with Crippen molar-refractivity contribution in [1.29, 1.82) is 10.8 Å². The van der Waals surface area contributed by atoms with Crippen molar-refractivity contribution in [3.8, 4) is 11.5 Å². The topological polar surface area (TPSA) is 204 Å². The molecule has 0 atom stereocenters. The molecule has 0 aliphatic rings. The maximum absolute atomic E-state index is 13.2. The van der Waals surface area contributed by atoms with Crippen LogP contribution in [0.3, 0.4) is 0 Å². The molecule has 0 amide bonds. The lowest BCUT2D eigenvalue weighted by atomic mass is 10.1. The summed E-state index contributed by atoms with van der Waals surface area (Å²) in [5.74, 6) is -1.12. The molecule has 17 heteroatoms. The van der Waals surface area contributed by atoms with Crippen LogP contribution in [0.4, 0.5) is 11.4 Å². The molecule has 0 spiro atoms. The Hall–Kier alpha value is -3.95. The number of nitrogens with zero attached hydrogens (tertiary/aromatic N) is 4. The van der Waals surface area contributed by atoms with Crippen molar-refractivity contribution in [2.24, 2.45) is 0 Å². The van der Waals surface area contributed by atoms with Crippen LogP contribution in [0, 0.1) is 10.8 Å². The lowest BCUT2D eigenvalue weighted by Gasteiger charge is -2.34. The predicted molar refractivity (Wildman–Crippen MR) is 182 cm³/mol. The van der Waals surface area contributed by atoms with Gasteiger partial charge in [0, 0.05) is 23.9 Å². The largest absolute Gasteiger partial charge is 0.867 e. The van der Waals surface area contributed by atoms with Crippen molar-refractivity contribution in [2.75, 3.05) is 13.1 Å². The van der Waals surface area contributed by atoms with E-state index in [9.17, 15) is 37.8 Å². The van der Waals surface area contributed by atoms with Crippen LogP contribution in [-0.2, 0) is 24.2 Å². The summed E-state index contributed by atoms with van der Waals surface area (Å²) < 4.78 is 64.5. The molecule has 0 aromatic heterocycles. The number of diazo groups is 2. The SMILES string of the molecule is C[Si](C)(CCCNS(=O)(=O)c1cc([N+]#N)c([O-])c2ccccc12)O[Si](C)(C)CCCNS(=O)(=O)c1cc([N+]#N)c([O-])c2ccccc12. The number of rotatable bonds is 14. The zero-order valence-electron chi connectivity index (χ0n) is 26.5. The first-order chi connectivity index (χ1) is 22.0. The Labute approximate surface area is 276 Å². The normalized spacial score (nSPS) is 12.6. The Balaban J connectivity index is 1.31. The van der Waals surface area contributed by atoms with Gasteiger partial charge in [-0.25, -0.2) is 26.3 Å². The van der Waals surface area contributed by atoms with E-state index in [1.54, 1.807) is 24.3 Å². The standard InChI is InChI=1S/C30H36N6O7S2Si2/c1-46(2,17-9-15-33-44(39,40)27-19-25(35-31)29(37)23-13-7-5-11-21(23)27)43-47(3,4)18-10-16-34-45(41,42)28-20-26(36-32)30(38)24-14-8-6-12-22(24)28/h5-8,11-14,19-20,33-34H,9-10,15-18H2,1-4H3. The van der Waals surface area contributed by atoms with Crippen LogP contribution in [-0.4, -0.2) is 46.6 Å². The second-order valence-corrected chi connectivity index (χ2v) is 24.7. The van der Waals surface area contributed by atoms with Crippen LogP contribution < -0.4 is 19.7 Å². The second kappa shape index (κ2) is 14.0. The van der Waals surface area contributed by atoms with E-state index in [-0.39, 0.29) is 55.8 Å². The van der Waals surface area contributed by atoms with Gasteiger partial charge in [0.25, 0.3) is 0 Å². The smallest absolute Gasteiger partial charge is 0.379 e. The molecule has 0 heterocycles. The highest BCUT2D eigenvalue weighted by Crippen LogP contribution is 2.38. The van der Waals surface area contributed by atoms with Crippen LogP contribution in [0.2, 0.25) is 38.3 Å². The minimum atomic E-state index is -4.02. The molecule has 47 heavy (non-hydrogen) atoms. The van der Waals surface area contributed by atoms with E-state index in [4.69, 9.17) is 4.12 Å². The molecule has 13 nitrogen and oxygen atoms in total. The molecule has 4 aromatic rings. The van der Waals surface area contributed by atoms with E-state index in [0.717, 1.165) is 12.1 Å². The van der Waals surface area contributed by atoms with Crippen molar-refractivity contribution in [3.05, 3.63) is 70.6 Å². The molecule has 0 fully saturated rings. The first kappa shape index (κ1) is 35.9. The molecule has 0 unspecified atom stereocenters. The van der Waals surface area contributed by atoms with E-state index in [1.807, 2.05) is 0 Å². The quantitative estimate of drug-likeness (QED) is 0.0951. The van der Waals surface area contributed by atoms with Gasteiger partial charge < -0.3 is 14.3 Å². The van der Waals surface area contributed by atoms with Crippen molar-refractivity contribution in [3.63, 3.8) is 0 Å². The highest BCUT2D eigenvalue weighted by Gasteiger charge is 2.33. The van der Waals surface area contributed by atoms with Crippen LogP contribution in [0.5, 0.6) is 11.5 Å². The van der Waals surface area contributed by atoms with E-state index >= 15 is 0 Å². The van der Waals surface area contributed by atoms with E-state index in [1.165, 1.54) is 24.3 Å². The van der Waals surface area contributed by atoms with E-state index in [2.05, 4.69) is 45.6 Å². The summed E-state index contributed by atoms with van der Waals surface area (Å²) in [4.78, 5) is 5.64. The first-order valence-corrected chi connectivity index (χ1v) is 24.1. The highest BCUT2D eigenvalue weighted by molar-refractivity contribution is 7.90. The Morgan fingerprint density at radius 2 is 1.00 bits per heavy atom. The number of hydrogen-bond acceptors (Lipinski definition) is 9. The average molecular weight is 713 g/mol. The Kier molecular flexibility index (Phi) is 10.7. The number of sulfonamides is 2. The number of nitrogens with one attached hydrogen (secondary N) is 2. The van der Waals surface area contributed by atoms with Crippen LogP contribution in [0.1, 0.15) is 12.8 Å². The summed E-state index contributed by atoms with van der Waals surface area (Å²) in [6.07, 6.45) is 1.02. The molecule has 0 aliphatic heterocycles. The summed E-state index contributed by atoms with van der Waals surface area (Å²) in [5.41, 5.74) is -0.714. The fourth-order valence-electron chi connectivity index (χ4n) is 5.64. The van der Waals surface area contributed by atoms with Gasteiger partial charge in [0.15, 0.2) is 26.6 Å². The fourth-order valence-corrected chi connectivity index (χ4v) is 17.1. The van der Waals surface area contributed by atoms with Gasteiger partial charge in [-0.3, -0.25) is 0 Å². The Bertz CT molecular complexity index is 1980. The number of benzene rings is 4. The molecule has 4 aromatic carbocycles. The van der Waals surface area contributed by atoms with Crippen molar-refractivity contribution in [1.82, 2.24) is 9.44 Å². The molecule has 248 valence electrons. The number of hydrogen-bond donors (Lipinski definition) is 2. The fraction of sp³-hybridized carbons (Fsp3) is 0.333. The van der Waals surface area contributed by atoms with Crippen LogP contribution in [0.25, 0.3) is 31.5 Å². The predicted octanol–water partition coefficient (Wildman–Crippen LogP) is 5.57. The molecule has 0 saturated carbocycles. The summed E-state index contributed by atoms with van der Waals surface area (Å²) in [6, 6.07) is 16.0. The summed E-state index contributed by atoms with van der Waals surface area (Å²) in [7, 11) is -12.5.